The number of aromatic nitrogens is 1. The van der Waals surface area contributed by atoms with Crippen LogP contribution in [0.1, 0.15) is 29.3 Å². The van der Waals surface area contributed by atoms with Gasteiger partial charge >= 0.3 is 0 Å². The average molecular weight is 347 g/mol. The third-order valence-corrected chi connectivity index (χ3v) is 5.89. The summed E-state index contributed by atoms with van der Waals surface area (Å²) in [4.78, 5) is 9.72. The highest BCUT2D eigenvalue weighted by Gasteiger charge is 2.35. The summed E-state index contributed by atoms with van der Waals surface area (Å²) < 4.78 is 11.6. The number of morpholine rings is 1. The standard InChI is InChI=1S/C18H25N3O2S/c1-14-19-15(13-24-14)11-21-8-10-23-18-5-7-20(6-4-17(18)21)12-16-3-2-9-22-16/h2-3,9,13,17-18H,4-8,10-12H2,1H3/t17-,18-/m0/s1. The van der Waals surface area contributed by atoms with Gasteiger partial charge in [0.2, 0.25) is 0 Å². The van der Waals surface area contributed by atoms with Crippen LogP contribution in [0.3, 0.4) is 0 Å². The molecule has 2 atom stereocenters. The first-order chi connectivity index (χ1) is 11.8. The van der Waals surface area contributed by atoms with E-state index in [0.717, 1.165) is 62.9 Å². The van der Waals surface area contributed by atoms with Gasteiger partial charge in [0, 0.05) is 37.6 Å². The molecule has 2 aliphatic rings. The fraction of sp³-hybridized carbons (Fsp3) is 0.611. The van der Waals surface area contributed by atoms with Gasteiger partial charge in [0.15, 0.2) is 0 Å². The van der Waals surface area contributed by atoms with Crippen LogP contribution in [0, 0.1) is 6.92 Å². The van der Waals surface area contributed by atoms with Gasteiger partial charge in [-0.25, -0.2) is 4.98 Å². The molecule has 0 radical (unpaired) electrons. The first kappa shape index (κ1) is 16.3. The van der Waals surface area contributed by atoms with Crippen molar-refractivity contribution in [1.29, 1.82) is 0 Å². The molecule has 2 saturated heterocycles. The summed E-state index contributed by atoms with van der Waals surface area (Å²) in [6.07, 6.45) is 4.35. The van der Waals surface area contributed by atoms with Crippen molar-refractivity contribution in [2.75, 3.05) is 26.2 Å². The van der Waals surface area contributed by atoms with Crippen LogP contribution in [0.4, 0.5) is 0 Å². The van der Waals surface area contributed by atoms with Crippen LogP contribution in [0.15, 0.2) is 28.2 Å². The van der Waals surface area contributed by atoms with E-state index in [1.807, 2.05) is 6.07 Å². The summed E-state index contributed by atoms with van der Waals surface area (Å²) in [6, 6.07) is 4.53. The summed E-state index contributed by atoms with van der Waals surface area (Å²) in [5.74, 6) is 1.05. The minimum atomic E-state index is 0.347. The summed E-state index contributed by atoms with van der Waals surface area (Å²) in [7, 11) is 0. The molecule has 2 aliphatic heterocycles. The zero-order valence-electron chi connectivity index (χ0n) is 14.2. The fourth-order valence-electron chi connectivity index (χ4n) is 3.88. The van der Waals surface area contributed by atoms with Crippen LogP contribution in [0.2, 0.25) is 0 Å². The molecule has 0 amide bonds. The Morgan fingerprint density at radius 2 is 2.17 bits per heavy atom. The van der Waals surface area contributed by atoms with Crippen molar-refractivity contribution in [3.63, 3.8) is 0 Å². The largest absolute Gasteiger partial charge is 0.468 e. The lowest BCUT2D eigenvalue weighted by atomic mass is 10.0. The lowest BCUT2D eigenvalue weighted by Gasteiger charge is -2.40. The number of hydrogen-bond donors (Lipinski definition) is 0. The van der Waals surface area contributed by atoms with Crippen molar-refractivity contribution in [3.8, 4) is 0 Å². The van der Waals surface area contributed by atoms with Gasteiger partial charge in [-0.15, -0.1) is 11.3 Å². The predicted octanol–water partition coefficient (Wildman–Crippen LogP) is 2.91. The number of thiazole rings is 1. The molecule has 0 aliphatic carbocycles. The van der Waals surface area contributed by atoms with Gasteiger partial charge in [0.1, 0.15) is 5.76 Å². The topological polar surface area (TPSA) is 41.7 Å². The van der Waals surface area contributed by atoms with E-state index >= 15 is 0 Å². The van der Waals surface area contributed by atoms with E-state index in [-0.39, 0.29) is 0 Å². The van der Waals surface area contributed by atoms with E-state index in [4.69, 9.17) is 9.15 Å². The SMILES string of the molecule is Cc1nc(CN2CCO[C@H]3CCN(Cc4ccco4)CC[C@@H]32)cs1. The summed E-state index contributed by atoms with van der Waals surface area (Å²) in [5, 5.41) is 3.35. The van der Waals surface area contributed by atoms with Gasteiger partial charge in [0.25, 0.3) is 0 Å². The van der Waals surface area contributed by atoms with Crippen LogP contribution >= 0.6 is 11.3 Å². The first-order valence-corrected chi connectivity index (χ1v) is 9.67. The zero-order chi connectivity index (χ0) is 16.4. The Bertz CT molecular complexity index is 642. The third-order valence-electron chi connectivity index (χ3n) is 5.07. The van der Waals surface area contributed by atoms with Gasteiger partial charge in [-0.1, -0.05) is 0 Å². The molecule has 4 rings (SSSR count). The number of furan rings is 1. The number of aryl methyl sites for hydroxylation is 1. The Labute approximate surface area is 147 Å². The van der Waals surface area contributed by atoms with E-state index in [9.17, 15) is 0 Å². The normalized spacial score (nSPS) is 26.2. The zero-order valence-corrected chi connectivity index (χ0v) is 15.0. The van der Waals surface area contributed by atoms with Gasteiger partial charge < -0.3 is 9.15 Å². The Kier molecular flexibility index (Phi) is 4.98. The third kappa shape index (κ3) is 3.72. The smallest absolute Gasteiger partial charge is 0.117 e. The molecular formula is C18H25N3O2S. The van der Waals surface area contributed by atoms with Crippen LogP contribution < -0.4 is 0 Å². The molecule has 5 nitrogen and oxygen atoms in total. The van der Waals surface area contributed by atoms with Crippen molar-refractivity contribution < 1.29 is 9.15 Å². The van der Waals surface area contributed by atoms with Gasteiger partial charge in [-0.05, 0) is 31.9 Å². The van der Waals surface area contributed by atoms with Crippen LogP contribution in [-0.4, -0.2) is 53.2 Å². The lowest BCUT2D eigenvalue weighted by molar-refractivity contribution is -0.0750. The molecule has 0 N–H and O–H groups in total. The number of rotatable bonds is 4. The second kappa shape index (κ2) is 7.35. The van der Waals surface area contributed by atoms with Gasteiger partial charge in [-0.3, -0.25) is 9.80 Å². The Morgan fingerprint density at radius 3 is 2.96 bits per heavy atom. The summed E-state index contributed by atoms with van der Waals surface area (Å²) in [6.45, 7) is 7.95. The van der Waals surface area contributed by atoms with E-state index in [0.29, 0.717) is 12.1 Å². The van der Waals surface area contributed by atoms with Gasteiger partial charge in [-0.2, -0.15) is 0 Å². The molecule has 0 aromatic carbocycles. The molecule has 2 aromatic rings. The van der Waals surface area contributed by atoms with Gasteiger partial charge in [0.05, 0.1) is 36.2 Å². The minimum Gasteiger partial charge on any atom is -0.468 e. The fourth-order valence-corrected chi connectivity index (χ4v) is 4.48. The van der Waals surface area contributed by atoms with E-state index in [2.05, 4.69) is 33.2 Å². The number of fused-ring (bicyclic) bond motifs is 1. The van der Waals surface area contributed by atoms with E-state index in [1.54, 1.807) is 17.6 Å². The summed E-state index contributed by atoms with van der Waals surface area (Å²) in [5.41, 5.74) is 1.20. The minimum absolute atomic E-state index is 0.347. The Hall–Kier alpha value is -1.21. The number of hydrogen-bond acceptors (Lipinski definition) is 6. The Balaban J connectivity index is 1.40. The molecule has 2 aromatic heterocycles. The highest BCUT2D eigenvalue weighted by molar-refractivity contribution is 7.09. The molecule has 24 heavy (non-hydrogen) atoms. The first-order valence-electron chi connectivity index (χ1n) is 8.79. The molecule has 0 saturated carbocycles. The molecule has 0 spiro atoms. The maximum absolute atomic E-state index is 6.11. The van der Waals surface area contributed by atoms with Crippen molar-refractivity contribution in [2.45, 2.75) is 45.0 Å². The molecule has 4 heterocycles. The van der Waals surface area contributed by atoms with Crippen molar-refractivity contribution in [1.82, 2.24) is 14.8 Å². The lowest BCUT2D eigenvalue weighted by Crippen LogP contribution is -2.50. The molecular weight excluding hydrogens is 322 g/mol. The molecule has 6 heteroatoms. The van der Waals surface area contributed by atoms with Crippen LogP contribution in [0.25, 0.3) is 0 Å². The highest BCUT2D eigenvalue weighted by Crippen LogP contribution is 2.26. The average Bonchev–Trinajstić information content (AvgIpc) is 3.18. The van der Waals surface area contributed by atoms with Crippen LogP contribution in [0.5, 0.6) is 0 Å². The van der Waals surface area contributed by atoms with Crippen molar-refractivity contribution in [3.05, 3.63) is 40.2 Å². The highest BCUT2D eigenvalue weighted by atomic mass is 32.1. The second-order valence-electron chi connectivity index (χ2n) is 6.74. The van der Waals surface area contributed by atoms with Crippen molar-refractivity contribution in [2.24, 2.45) is 0 Å². The van der Waals surface area contributed by atoms with E-state index in [1.165, 1.54) is 5.69 Å². The number of nitrogens with zero attached hydrogens (tertiary/aromatic N) is 3. The molecule has 0 bridgehead atoms. The quantitative estimate of drug-likeness (QED) is 0.851. The number of likely N-dealkylation sites (tertiary alicyclic amines) is 1. The van der Waals surface area contributed by atoms with E-state index < -0.39 is 0 Å². The predicted molar refractivity (Wildman–Crippen MR) is 94.0 cm³/mol. The maximum atomic E-state index is 6.11. The maximum Gasteiger partial charge on any atom is 0.117 e. The molecule has 0 unspecified atom stereocenters. The summed E-state index contributed by atoms with van der Waals surface area (Å²) >= 11 is 1.74. The van der Waals surface area contributed by atoms with Crippen molar-refractivity contribution >= 4 is 11.3 Å². The monoisotopic (exact) mass is 347 g/mol. The molecule has 2 fully saturated rings. The Morgan fingerprint density at radius 1 is 1.25 bits per heavy atom. The van der Waals surface area contributed by atoms with Crippen LogP contribution in [-0.2, 0) is 17.8 Å². The second-order valence-corrected chi connectivity index (χ2v) is 7.80. The number of ether oxygens (including phenoxy) is 1. The molecule has 130 valence electrons.